The van der Waals surface area contributed by atoms with Gasteiger partial charge in [0.25, 0.3) is 10.1 Å². The van der Waals surface area contributed by atoms with Gasteiger partial charge in [0.2, 0.25) is 0 Å². The highest BCUT2D eigenvalue weighted by molar-refractivity contribution is 7.86. The maximum absolute atomic E-state index is 10.9. The van der Waals surface area contributed by atoms with Crippen LogP contribution in [0.3, 0.4) is 0 Å². The molecule has 0 amide bonds. The largest absolute Gasteiger partial charge is 0.398 e. The molecule has 7 heteroatoms. The van der Waals surface area contributed by atoms with Crippen molar-refractivity contribution >= 4 is 21.5 Å². The van der Waals surface area contributed by atoms with Crippen LogP contribution in [-0.2, 0) is 14.9 Å². The number of nitrogens with one attached hydrogen (secondary N) is 1. The highest BCUT2D eigenvalue weighted by Gasteiger charge is 2.14. The lowest BCUT2D eigenvalue weighted by Crippen LogP contribution is -2.07. The van der Waals surface area contributed by atoms with E-state index in [1.54, 1.807) is 6.07 Å². The zero-order chi connectivity index (χ0) is 11.5. The van der Waals surface area contributed by atoms with Crippen molar-refractivity contribution in [2.24, 2.45) is 0 Å². The molecule has 0 heterocycles. The second-order valence-electron chi connectivity index (χ2n) is 2.84. The Balaban J connectivity index is 3.06. The van der Waals surface area contributed by atoms with Gasteiger partial charge in [-0.3, -0.25) is 4.55 Å². The fourth-order valence-electron chi connectivity index (χ4n) is 1.02. The quantitative estimate of drug-likeness (QED) is 0.397. The van der Waals surface area contributed by atoms with Gasteiger partial charge in [-0.15, -0.1) is 0 Å². The van der Waals surface area contributed by atoms with Crippen LogP contribution in [0, 0.1) is 0 Å². The first kappa shape index (κ1) is 11.8. The van der Waals surface area contributed by atoms with Crippen molar-refractivity contribution in [1.82, 2.24) is 0 Å². The van der Waals surface area contributed by atoms with Gasteiger partial charge < -0.3 is 15.8 Å². The van der Waals surface area contributed by atoms with E-state index in [2.05, 4.69) is 5.32 Å². The molecule has 0 saturated heterocycles. The molecule has 1 rings (SSSR count). The highest BCUT2D eigenvalue weighted by atomic mass is 32.2. The van der Waals surface area contributed by atoms with E-state index >= 15 is 0 Å². The van der Waals surface area contributed by atoms with Crippen molar-refractivity contribution in [3.8, 4) is 0 Å². The summed E-state index contributed by atoms with van der Waals surface area (Å²) in [6.07, 6.45) is 0. The average Bonchev–Trinajstić information content (AvgIpc) is 2.15. The van der Waals surface area contributed by atoms with Crippen molar-refractivity contribution in [3.63, 3.8) is 0 Å². The summed E-state index contributed by atoms with van der Waals surface area (Å²) in [6.45, 7) is 0.231. The van der Waals surface area contributed by atoms with Crippen LogP contribution in [0.4, 0.5) is 11.4 Å². The lowest BCUT2D eigenvalue weighted by atomic mass is 10.3. The van der Waals surface area contributed by atoms with Crippen LogP contribution in [0.15, 0.2) is 23.1 Å². The van der Waals surface area contributed by atoms with Crippen molar-refractivity contribution in [3.05, 3.63) is 18.2 Å². The molecule has 0 bridgehead atoms. The molecule has 0 fully saturated rings. The van der Waals surface area contributed by atoms with Crippen LogP contribution in [0.1, 0.15) is 0 Å². The molecule has 6 nitrogen and oxygen atoms in total. The van der Waals surface area contributed by atoms with Crippen molar-refractivity contribution in [1.29, 1.82) is 0 Å². The molecule has 0 unspecified atom stereocenters. The number of benzene rings is 1. The van der Waals surface area contributed by atoms with Gasteiger partial charge in [-0.05, 0) is 18.2 Å². The number of ether oxygens (including phenoxy) is 1. The summed E-state index contributed by atoms with van der Waals surface area (Å²) >= 11 is 0. The van der Waals surface area contributed by atoms with Gasteiger partial charge in [0.15, 0.2) is 0 Å². The predicted molar refractivity (Wildman–Crippen MR) is 56.2 cm³/mol. The maximum Gasteiger partial charge on any atom is 0.296 e. The summed E-state index contributed by atoms with van der Waals surface area (Å²) in [6, 6.07) is 4.22. The molecular formula is C8H12N2O4S. The Morgan fingerprint density at radius 2 is 2.20 bits per heavy atom. The Morgan fingerprint density at radius 3 is 2.73 bits per heavy atom. The molecule has 0 aliphatic rings. The number of hydrogen-bond donors (Lipinski definition) is 3. The van der Waals surface area contributed by atoms with E-state index < -0.39 is 10.1 Å². The van der Waals surface area contributed by atoms with Crippen LogP contribution < -0.4 is 11.1 Å². The van der Waals surface area contributed by atoms with E-state index in [1.807, 2.05) is 0 Å². The first-order chi connectivity index (χ1) is 6.95. The molecule has 0 aromatic heterocycles. The lowest BCUT2D eigenvalue weighted by molar-refractivity contribution is 0.221. The molecule has 0 aliphatic carbocycles. The molecule has 0 saturated carbocycles. The minimum Gasteiger partial charge on any atom is -0.398 e. The molecule has 4 N–H and O–H groups in total. The minimum atomic E-state index is -4.29. The number of nitrogens with two attached hydrogens (primary N) is 1. The Bertz CT molecular complexity index is 444. The Kier molecular flexibility index (Phi) is 3.51. The zero-order valence-corrected chi connectivity index (χ0v) is 8.91. The molecule has 15 heavy (non-hydrogen) atoms. The van der Waals surface area contributed by atoms with E-state index in [0.717, 1.165) is 0 Å². The third-order valence-corrected chi connectivity index (χ3v) is 2.62. The minimum absolute atomic E-state index is 0.000432. The first-order valence-corrected chi connectivity index (χ1v) is 5.49. The van der Waals surface area contributed by atoms with Gasteiger partial charge in [-0.2, -0.15) is 8.42 Å². The molecule has 0 spiro atoms. The van der Waals surface area contributed by atoms with Crippen LogP contribution >= 0.6 is 0 Å². The number of nitrogen functional groups attached to an aromatic ring is 1. The van der Waals surface area contributed by atoms with Gasteiger partial charge in [0, 0.05) is 12.8 Å². The van der Waals surface area contributed by atoms with E-state index in [-0.39, 0.29) is 17.3 Å². The third kappa shape index (κ3) is 3.08. The number of anilines is 2. The van der Waals surface area contributed by atoms with Gasteiger partial charge in [0.1, 0.15) is 11.6 Å². The summed E-state index contributed by atoms with van der Waals surface area (Å²) in [7, 11) is -2.79. The summed E-state index contributed by atoms with van der Waals surface area (Å²) in [5, 5.41) is 2.78. The third-order valence-electron chi connectivity index (χ3n) is 1.71. The van der Waals surface area contributed by atoms with Crippen LogP contribution in [0.5, 0.6) is 0 Å². The second-order valence-corrected chi connectivity index (χ2v) is 4.23. The monoisotopic (exact) mass is 232 g/mol. The molecule has 0 aliphatic heterocycles. The lowest BCUT2D eigenvalue weighted by Gasteiger charge is -2.07. The summed E-state index contributed by atoms with van der Waals surface area (Å²) < 4.78 is 35.4. The topological polar surface area (TPSA) is 102 Å². The van der Waals surface area contributed by atoms with Crippen LogP contribution in [0.25, 0.3) is 0 Å². The Morgan fingerprint density at radius 1 is 1.53 bits per heavy atom. The number of hydrogen-bond acceptors (Lipinski definition) is 5. The van der Waals surface area contributed by atoms with Gasteiger partial charge in [0.05, 0.1) is 5.69 Å². The average molecular weight is 232 g/mol. The smallest absolute Gasteiger partial charge is 0.296 e. The van der Waals surface area contributed by atoms with Crippen molar-refractivity contribution < 1.29 is 17.7 Å². The first-order valence-electron chi connectivity index (χ1n) is 4.05. The molecule has 1 aromatic rings. The summed E-state index contributed by atoms with van der Waals surface area (Å²) in [5.41, 5.74) is 5.91. The summed E-state index contributed by atoms with van der Waals surface area (Å²) in [4.78, 5) is -0.316. The van der Waals surface area contributed by atoms with E-state index in [4.69, 9.17) is 15.0 Å². The van der Waals surface area contributed by atoms with Crippen molar-refractivity contribution in [2.75, 3.05) is 24.9 Å². The predicted octanol–water partition coefficient (Wildman–Crippen LogP) is 0.531. The fourth-order valence-corrected chi connectivity index (χ4v) is 1.67. The van der Waals surface area contributed by atoms with Crippen LogP contribution in [0.2, 0.25) is 0 Å². The molecular weight excluding hydrogens is 220 g/mol. The number of methoxy groups -OCH3 is 1. The van der Waals surface area contributed by atoms with Gasteiger partial charge in [-0.1, -0.05) is 0 Å². The second kappa shape index (κ2) is 4.47. The normalized spacial score (nSPS) is 11.3. The summed E-state index contributed by atoms with van der Waals surface area (Å²) in [5.74, 6) is 0. The van der Waals surface area contributed by atoms with Gasteiger partial charge in [-0.25, -0.2) is 0 Å². The zero-order valence-electron chi connectivity index (χ0n) is 8.10. The molecule has 0 atom stereocenters. The van der Waals surface area contributed by atoms with Crippen LogP contribution in [-0.4, -0.2) is 26.8 Å². The van der Waals surface area contributed by atoms with E-state index in [1.165, 1.54) is 19.2 Å². The fraction of sp³-hybridized carbons (Fsp3) is 0.250. The highest BCUT2D eigenvalue weighted by Crippen LogP contribution is 2.22. The Hall–Kier alpha value is -1.31. The van der Waals surface area contributed by atoms with Gasteiger partial charge >= 0.3 is 0 Å². The number of rotatable bonds is 4. The SMILES string of the molecule is COCNc1ccc(N)c(S(=O)(=O)O)c1. The molecule has 84 valence electrons. The standard InChI is InChI=1S/C8H12N2O4S/c1-14-5-10-6-2-3-7(9)8(4-6)15(11,12)13/h2-4,10H,5,9H2,1H3,(H,11,12,13). The van der Waals surface area contributed by atoms with Crippen molar-refractivity contribution in [2.45, 2.75) is 4.90 Å². The Labute approximate surface area is 87.8 Å². The maximum atomic E-state index is 10.9. The van der Waals surface area contributed by atoms with E-state index in [9.17, 15) is 8.42 Å². The van der Waals surface area contributed by atoms with E-state index in [0.29, 0.717) is 5.69 Å². The molecule has 1 aromatic carbocycles. The molecule has 0 radical (unpaired) electrons.